The Morgan fingerprint density at radius 3 is 2.45 bits per heavy atom. The van der Waals surface area contributed by atoms with Gasteiger partial charge in [0.15, 0.2) is 5.60 Å². The number of nitrogens with one attached hydrogen (secondary N) is 2. The third-order valence-corrected chi connectivity index (χ3v) is 6.30. The van der Waals surface area contributed by atoms with Gasteiger partial charge in [0.1, 0.15) is 0 Å². The maximum Gasteiger partial charge on any atom is 0.417 e. The van der Waals surface area contributed by atoms with Crippen molar-refractivity contribution in [3.8, 4) is 0 Å². The van der Waals surface area contributed by atoms with Gasteiger partial charge in [0.05, 0.1) is 22.6 Å². The van der Waals surface area contributed by atoms with Crippen molar-refractivity contribution in [2.45, 2.75) is 69.7 Å². The van der Waals surface area contributed by atoms with E-state index in [1.54, 1.807) is 17.0 Å². The molecular formula is C22H31F3N4O2. The molecule has 1 heterocycles. The van der Waals surface area contributed by atoms with Crippen molar-refractivity contribution in [1.82, 2.24) is 5.32 Å². The molecule has 3 N–H and O–H groups in total. The van der Waals surface area contributed by atoms with E-state index in [-0.39, 0.29) is 25.0 Å². The Labute approximate surface area is 180 Å². The Morgan fingerprint density at radius 2 is 1.90 bits per heavy atom. The number of piperidine rings is 1. The van der Waals surface area contributed by atoms with Crippen molar-refractivity contribution in [3.63, 3.8) is 0 Å². The van der Waals surface area contributed by atoms with Crippen LogP contribution in [0, 0.1) is 0 Å². The van der Waals surface area contributed by atoms with Crippen molar-refractivity contribution in [1.29, 1.82) is 0 Å². The Hall–Kier alpha value is -2.29. The van der Waals surface area contributed by atoms with Crippen LogP contribution in [-0.4, -0.2) is 55.2 Å². The van der Waals surface area contributed by atoms with E-state index in [0.717, 1.165) is 32.1 Å². The molecule has 6 nitrogen and oxygen atoms in total. The molecule has 0 radical (unpaired) electrons. The third-order valence-electron chi connectivity index (χ3n) is 6.30. The van der Waals surface area contributed by atoms with Gasteiger partial charge in [-0.15, -0.1) is 0 Å². The fourth-order valence-electron chi connectivity index (χ4n) is 4.39. The second-order valence-corrected chi connectivity index (χ2v) is 8.40. The summed E-state index contributed by atoms with van der Waals surface area (Å²) in [5, 5.41) is 16.3. The number of benzene rings is 1. The highest BCUT2D eigenvalue weighted by Crippen LogP contribution is 2.41. The average Bonchev–Trinajstić information content (AvgIpc) is 2.74. The molecule has 0 spiro atoms. The topological polar surface area (TPSA) is 77.0 Å². The molecule has 1 aliphatic carbocycles. The number of nitrogens with zero attached hydrogens (tertiary/aromatic N) is 2. The van der Waals surface area contributed by atoms with Gasteiger partial charge in [0.2, 0.25) is 0 Å². The number of halogens is 3. The number of alkyl halides is 3. The zero-order chi connectivity index (χ0) is 22.6. The molecule has 0 atom stereocenters. The average molecular weight is 441 g/mol. The Morgan fingerprint density at radius 1 is 1.26 bits per heavy atom. The number of hydrogen-bond acceptors (Lipinski definition) is 5. The third kappa shape index (κ3) is 5.14. The molecule has 1 amide bonds. The fraction of sp³-hybridized carbons (Fsp3) is 0.636. The molecule has 1 saturated carbocycles. The summed E-state index contributed by atoms with van der Waals surface area (Å²) in [6.45, 7) is 6.10. The number of aliphatic imine (C=N–C) groups is 1. The van der Waals surface area contributed by atoms with E-state index >= 15 is 0 Å². The summed E-state index contributed by atoms with van der Waals surface area (Å²) in [5.74, 6) is -0.258. The number of carbonyl (C=O) groups excluding carboxylic acids is 1. The van der Waals surface area contributed by atoms with Crippen LogP contribution in [0.3, 0.4) is 0 Å². The van der Waals surface area contributed by atoms with Gasteiger partial charge in [-0.3, -0.25) is 9.79 Å². The summed E-state index contributed by atoms with van der Waals surface area (Å²) in [5.41, 5.74) is -0.601. The van der Waals surface area contributed by atoms with Gasteiger partial charge in [-0.25, -0.2) is 0 Å². The largest absolute Gasteiger partial charge is 0.417 e. The summed E-state index contributed by atoms with van der Waals surface area (Å²) in [7, 11) is 0. The zero-order valence-corrected chi connectivity index (χ0v) is 17.9. The predicted molar refractivity (Wildman–Crippen MR) is 117 cm³/mol. The van der Waals surface area contributed by atoms with E-state index in [1.165, 1.54) is 0 Å². The minimum atomic E-state index is -4.67. The molecule has 1 aliphatic heterocycles. The zero-order valence-electron chi connectivity index (χ0n) is 17.9. The number of anilines is 2. The number of carbonyl (C=O) groups is 1. The summed E-state index contributed by atoms with van der Waals surface area (Å²) < 4.78 is 39.7. The Bertz CT molecular complexity index is 799. The Balaban J connectivity index is 1.90. The van der Waals surface area contributed by atoms with E-state index in [0.29, 0.717) is 29.2 Å². The second kappa shape index (κ2) is 9.46. The fourth-order valence-corrected chi connectivity index (χ4v) is 4.39. The first-order chi connectivity index (χ1) is 14.7. The highest BCUT2D eigenvalue weighted by atomic mass is 19.4. The van der Waals surface area contributed by atoms with Crippen molar-refractivity contribution in [2.75, 3.05) is 29.9 Å². The quantitative estimate of drug-likeness (QED) is 0.573. The van der Waals surface area contributed by atoms with E-state index in [2.05, 4.69) is 22.3 Å². The molecule has 2 aliphatic rings. The summed E-state index contributed by atoms with van der Waals surface area (Å²) in [6, 6.07) is 3.49. The molecule has 1 aromatic carbocycles. The van der Waals surface area contributed by atoms with E-state index < -0.39 is 24.6 Å². The highest BCUT2D eigenvalue weighted by Gasteiger charge is 2.54. The van der Waals surface area contributed by atoms with Crippen LogP contribution >= 0.6 is 0 Å². The summed E-state index contributed by atoms with van der Waals surface area (Å²) in [4.78, 5) is 18.9. The maximum absolute atomic E-state index is 13.2. The summed E-state index contributed by atoms with van der Waals surface area (Å²) in [6.07, 6.45) is -0.425. The van der Waals surface area contributed by atoms with Crippen LogP contribution in [0.15, 0.2) is 17.1 Å². The van der Waals surface area contributed by atoms with Crippen molar-refractivity contribution in [2.24, 2.45) is 4.99 Å². The van der Waals surface area contributed by atoms with Crippen LogP contribution in [0.1, 0.15) is 62.2 Å². The first-order valence-corrected chi connectivity index (χ1v) is 10.9. The van der Waals surface area contributed by atoms with Gasteiger partial charge in [-0.05, 0) is 38.6 Å². The molecule has 0 bridgehead atoms. The van der Waals surface area contributed by atoms with Gasteiger partial charge in [-0.1, -0.05) is 19.3 Å². The number of rotatable bonds is 6. The first kappa shape index (κ1) is 23.4. The lowest BCUT2D eigenvalue weighted by molar-refractivity contribution is -0.266. The van der Waals surface area contributed by atoms with Crippen molar-refractivity contribution >= 4 is 29.7 Å². The van der Waals surface area contributed by atoms with Crippen LogP contribution in [0.5, 0.6) is 0 Å². The van der Waals surface area contributed by atoms with Crippen LogP contribution in [0.25, 0.3) is 0 Å². The van der Waals surface area contributed by atoms with Gasteiger partial charge in [0, 0.05) is 38.5 Å². The van der Waals surface area contributed by atoms with Crippen LogP contribution in [0.2, 0.25) is 0 Å². The molecule has 31 heavy (non-hydrogen) atoms. The SMILES string of the molecule is C=Nc1cc(C(=O)NC2CCCCC2)c(N2CCC(O)(C(F)(F)F)CC2)cc1NCC. The number of hydrogen-bond donors (Lipinski definition) is 3. The number of amides is 1. The lowest BCUT2D eigenvalue weighted by Gasteiger charge is -2.40. The molecule has 0 aromatic heterocycles. The minimum absolute atomic E-state index is 0.00779. The standard InChI is InChI=1S/C22H31F3N4O2/c1-3-27-18-14-19(29-11-9-21(31,10-12-29)22(23,24)25)16(13-17(18)26-2)20(30)28-15-7-5-4-6-8-15/h13-15,27,31H,2-12H2,1H3,(H,28,30). The maximum atomic E-state index is 13.2. The molecule has 1 saturated heterocycles. The molecule has 172 valence electrons. The molecular weight excluding hydrogens is 409 g/mol. The lowest BCUT2D eigenvalue weighted by Crippen LogP contribution is -2.53. The van der Waals surface area contributed by atoms with Gasteiger partial charge in [0.25, 0.3) is 5.91 Å². The monoisotopic (exact) mass is 440 g/mol. The first-order valence-electron chi connectivity index (χ1n) is 10.9. The van der Waals surface area contributed by atoms with Gasteiger partial charge < -0.3 is 20.6 Å². The molecule has 2 fully saturated rings. The Kier molecular flexibility index (Phi) is 7.13. The summed E-state index contributed by atoms with van der Waals surface area (Å²) >= 11 is 0. The van der Waals surface area contributed by atoms with Gasteiger partial charge >= 0.3 is 6.18 Å². The smallest absolute Gasteiger partial charge is 0.384 e. The predicted octanol–water partition coefficient (Wildman–Crippen LogP) is 4.41. The van der Waals surface area contributed by atoms with Crippen molar-refractivity contribution in [3.05, 3.63) is 17.7 Å². The van der Waals surface area contributed by atoms with Crippen LogP contribution in [-0.2, 0) is 0 Å². The van der Waals surface area contributed by atoms with Gasteiger partial charge in [-0.2, -0.15) is 13.2 Å². The highest BCUT2D eigenvalue weighted by molar-refractivity contribution is 6.02. The molecule has 9 heteroatoms. The van der Waals surface area contributed by atoms with E-state index in [4.69, 9.17) is 0 Å². The van der Waals surface area contributed by atoms with Crippen molar-refractivity contribution < 1.29 is 23.1 Å². The molecule has 0 unspecified atom stereocenters. The van der Waals surface area contributed by atoms with E-state index in [9.17, 15) is 23.1 Å². The number of aliphatic hydroxyl groups is 1. The normalized spacial score (nSPS) is 19.7. The minimum Gasteiger partial charge on any atom is -0.384 e. The van der Waals surface area contributed by atoms with Crippen LogP contribution in [0.4, 0.5) is 30.2 Å². The van der Waals surface area contributed by atoms with E-state index in [1.807, 2.05) is 6.92 Å². The molecule has 3 rings (SSSR count). The second-order valence-electron chi connectivity index (χ2n) is 8.40. The van der Waals surface area contributed by atoms with Crippen LogP contribution < -0.4 is 15.5 Å². The molecule has 1 aromatic rings. The lowest BCUT2D eigenvalue weighted by atomic mass is 9.90.